The molecule has 5 heterocycles. The molecular formula is C29H35N9O3. The smallest absolute Gasteiger partial charge is 0.415 e. The lowest BCUT2D eigenvalue weighted by atomic mass is 9.93. The van der Waals surface area contributed by atoms with Gasteiger partial charge < -0.3 is 19.7 Å². The minimum Gasteiger partial charge on any atom is -0.474 e. The third-order valence-electron chi connectivity index (χ3n) is 7.33. The Bertz CT molecular complexity index is 1480. The molecule has 3 aliphatic rings. The zero-order chi connectivity index (χ0) is 28.6. The van der Waals surface area contributed by atoms with Crippen molar-refractivity contribution in [2.75, 3.05) is 47.9 Å². The number of nitrogens with one attached hydrogen (secondary N) is 1. The monoisotopic (exact) mass is 557 g/mol. The van der Waals surface area contributed by atoms with Crippen LogP contribution in [0.15, 0.2) is 53.1 Å². The van der Waals surface area contributed by atoms with Crippen LogP contribution in [0.4, 0.5) is 21.9 Å². The van der Waals surface area contributed by atoms with Crippen LogP contribution >= 0.6 is 0 Å². The molecule has 0 saturated carbocycles. The number of aliphatic imine (C=N–C) groups is 2. The van der Waals surface area contributed by atoms with Crippen molar-refractivity contribution in [3.8, 4) is 5.88 Å². The molecule has 12 heteroatoms. The summed E-state index contributed by atoms with van der Waals surface area (Å²) < 4.78 is 13.3. The van der Waals surface area contributed by atoms with Crippen LogP contribution in [0.2, 0.25) is 0 Å². The van der Waals surface area contributed by atoms with E-state index in [1.807, 2.05) is 46.0 Å². The molecule has 0 aliphatic carbocycles. The molecule has 214 valence electrons. The Morgan fingerprint density at radius 1 is 1.20 bits per heavy atom. The third kappa shape index (κ3) is 5.86. The highest BCUT2D eigenvalue weighted by atomic mass is 16.6. The summed E-state index contributed by atoms with van der Waals surface area (Å²) >= 11 is 0. The molecule has 41 heavy (non-hydrogen) atoms. The number of anilines is 3. The number of amides is 1. The Labute approximate surface area is 239 Å². The van der Waals surface area contributed by atoms with Crippen molar-refractivity contribution in [1.82, 2.24) is 19.7 Å². The number of nitrogens with zero attached hydrogens (tertiary/aromatic N) is 8. The predicted molar refractivity (Wildman–Crippen MR) is 157 cm³/mol. The molecule has 6 rings (SSSR count). The molecule has 0 bridgehead atoms. The average Bonchev–Trinajstić information content (AvgIpc) is 3.46. The summed E-state index contributed by atoms with van der Waals surface area (Å²) in [6.45, 7) is 11.3. The molecule has 12 nitrogen and oxygen atoms in total. The summed E-state index contributed by atoms with van der Waals surface area (Å²) in [5, 5.41) is 7.53. The molecule has 0 radical (unpaired) electrons. The van der Waals surface area contributed by atoms with E-state index in [9.17, 15) is 4.79 Å². The van der Waals surface area contributed by atoms with Crippen LogP contribution in [0.25, 0.3) is 0 Å². The zero-order valence-corrected chi connectivity index (χ0v) is 23.9. The van der Waals surface area contributed by atoms with Gasteiger partial charge in [-0.3, -0.25) is 9.89 Å². The molecule has 1 atom stereocenters. The van der Waals surface area contributed by atoms with Gasteiger partial charge in [-0.25, -0.2) is 24.4 Å². The minimum absolute atomic E-state index is 0.314. The normalized spacial score (nSPS) is 18.5. The number of pyridine rings is 1. The first kappa shape index (κ1) is 26.7. The van der Waals surface area contributed by atoms with Gasteiger partial charge in [0.05, 0.1) is 38.1 Å². The standard InChI is InChI=1S/C29H35N9O3/c1-19-24(14-31-26-25(19)38(11-12-40-26)28(39)41-29(2,3)4)36-10-9-21-13-32-27(35-23(21)16-36)34-22-7-5-20(6-8-22)15-37-18-30-17-33-37/h5-8,14,17-18,21H,9-13,15-16H2,1-4H3,(H,32,34). The molecule has 1 unspecified atom stereocenters. The van der Waals surface area contributed by atoms with E-state index < -0.39 is 11.7 Å². The first-order chi connectivity index (χ1) is 19.7. The molecule has 0 spiro atoms. The van der Waals surface area contributed by atoms with Gasteiger partial charge >= 0.3 is 6.09 Å². The number of piperidine rings is 1. The van der Waals surface area contributed by atoms with Gasteiger partial charge in [-0.2, -0.15) is 5.10 Å². The number of rotatable bonds is 4. The lowest BCUT2D eigenvalue weighted by molar-refractivity contribution is 0.0566. The van der Waals surface area contributed by atoms with Gasteiger partial charge in [0.25, 0.3) is 0 Å². The van der Waals surface area contributed by atoms with Gasteiger partial charge in [-0.1, -0.05) is 12.1 Å². The molecule has 3 aliphatic heterocycles. The zero-order valence-electron chi connectivity index (χ0n) is 23.9. The summed E-state index contributed by atoms with van der Waals surface area (Å²) in [5.41, 5.74) is 5.13. The van der Waals surface area contributed by atoms with Crippen LogP contribution in [-0.4, -0.2) is 75.9 Å². The van der Waals surface area contributed by atoms with Crippen molar-refractivity contribution in [3.63, 3.8) is 0 Å². The summed E-state index contributed by atoms with van der Waals surface area (Å²) in [4.78, 5) is 35.2. The van der Waals surface area contributed by atoms with Crippen LogP contribution in [0.5, 0.6) is 5.88 Å². The number of hydrogen-bond acceptors (Lipinski definition) is 10. The van der Waals surface area contributed by atoms with Gasteiger partial charge in [0.15, 0.2) is 0 Å². The lowest BCUT2D eigenvalue weighted by Gasteiger charge is -2.38. The molecule has 1 aromatic carbocycles. The number of ether oxygens (including phenoxy) is 2. The van der Waals surface area contributed by atoms with E-state index in [1.165, 1.54) is 6.33 Å². The van der Waals surface area contributed by atoms with Gasteiger partial charge in [0.2, 0.25) is 11.8 Å². The van der Waals surface area contributed by atoms with Crippen molar-refractivity contribution in [3.05, 3.63) is 54.2 Å². The average molecular weight is 558 g/mol. The second-order valence-corrected chi connectivity index (χ2v) is 11.5. The molecule has 1 amide bonds. The van der Waals surface area contributed by atoms with Crippen molar-refractivity contribution < 1.29 is 14.3 Å². The fraction of sp³-hybridized carbons (Fsp3) is 0.448. The van der Waals surface area contributed by atoms with E-state index in [4.69, 9.17) is 19.5 Å². The maximum atomic E-state index is 13.0. The van der Waals surface area contributed by atoms with E-state index in [0.717, 1.165) is 41.2 Å². The quantitative estimate of drug-likeness (QED) is 0.512. The molecular weight excluding hydrogens is 522 g/mol. The van der Waals surface area contributed by atoms with Crippen LogP contribution in [0.1, 0.15) is 38.3 Å². The lowest BCUT2D eigenvalue weighted by Crippen LogP contribution is -2.45. The predicted octanol–water partition coefficient (Wildman–Crippen LogP) is 3.91. The number of fused-ring (bicyclic) bond motifs is 2. The maximum Gasteiger partial charge on any atom is 0.415 e. The number of guanidine groups is 1. The first-order valence-electron chi connectivity index (χ1n) is 13.9. The molecule has 1 saturated heterocycles. The number of benzene rings is 1. The highest BCUT2D eigenvalue weighted by Crippen LogP contribution is 2.39. The minimum atomic E-state index is -0.594. The summed E-state index contributed by atoms with van der Waals surface area (Å²) in [6, 6.07) is 8.16. The Kier molecular flexibility index (Phi) is 7.06. The van der Waals surface area contributed by atoms with E-state index >= 15 is 0 Å². The Balaban J connectivity index is 1.17. The van der Waals surface area contributed by atoms with Crippen LogP contribution < -0.4 is 19.9 Å². The molecule has 1 fully saturated rings. The topological polar surface area (TPSA) is 122 Å². The van der Waals surface area contributed by atoms with E-state index in [2.05, 4.69) is 37.4 Å². The van der Waals surface area contributed by atoms with Crippen LogP contribution in [-0.2, 0) is 11.3 Å². The van der Waals surface area contributed by atoms with Crippen molar-refractivity contribution in [2.45, 2.75) is 46.3 Å². The number of carbonyl (C=O) groups is 1. The van der Waals surface area contributed by atoms with E-state index in [1.54, 1.807) is 15.9 Å². The number of carbonyl (C=O) groups excluding carboxylic acids is 1. The third-order valence-corrected chi connectivity index (χ3v) is 7.33. The van der Waals surface area contributed by atoms with Crippen molar-refractivity contribution in [1.29, 1.82) is 0 Å². The Morgan fingerprint density at radius 3 is 2.78 bits per heavy atom. The number of hydrogen-bond donors (Lipinski definition) is 1. The molecule has 1 N–H and O–H groups in total. The fourth-order valence-corrected chi connectivity index (χ4v) is 5.32. The number of aromatic nitrogens is 4. The summed E-state index contributed by atoms with van der Waals surface area (Å²) in [6.07, 6.45) is 5.62. The summed E-state index contributed by atoms with van der Waals surface area (Å²) in [7, 11) is 0. The van der Waals surface area contributed by atoms with Gasteiger partial charge in [-0.15, -0.1) is 0 Å². The summed E-state index contributed by atoms with van der Waals surface area (Å²) in [5.74, 6) is 1.39. The SMILES string of the molecule is Cc1c(N2CCC3CN=C(Nc4ccc(Cn5cncn5)cc4)N=C3C2)cnc2c1N(C(=O)OC(C)(C)C)CCO2. The highest BCUT2D eigenvalue weighted by molar-refractivity contribution is 6.07. The van der Waals surface area contributed by atoms with Gasteiger partial charge in [0.1, 0.15) is 30.5 Å². The fourth-order valence-electron chi connectivity index (χ4n) is 5.32. The van der Waals surface area contributed by atoms with Gasteiger partial charge in [0, 0.05) is 29.4 Å². The Morgan fingerprint density at radius 2 is 2.02 bits per heavy atom. The highest BCUT2D eigenvalue weighted by Gasteiger charge is 2.34. The molecule has 2 aromatic heterocycles. The van der Waals surface area contributed by atoms with Gasteiger partial charge in [-0.05, 0) is 51.8 Å². The van der Waals surface area contributed by atoms with Crippen molar-refractivity contribution in [2.24, 2.45) is 15.9 Å². The van der Waals surface area contributed by atoms with Crippen LogP contribution in [0.3, 0.4) is 0 Å². The second-order valence-electron chi connectivity index (χ2n) is 11.5. The Hall–Kier alpha value is -4.48. The largest absolute Gasteiger partial charge is 0.474 e. The molecule has 3 aromatic rings. The maximum absolute atomic E-state index is 13.0. The van der Waals surface area contributed by atoms with Crippen LogP contribution in [0, 0.1) is 12.8 Å². The van der Waals surface area contributed by atoms with Crippen molar-refractivity contribution >= 4 is 34.8 Å². The first-order valence-corrected chi connectivity index (χ1v) is 13.9. The van der Waals surface area contributed by atoms with E-state index in [-0.39, 0.29) is 0 Å². The van der Waals surface area contributed by atoms with E-state index in [0.29, 0.717) is 56.2 Å². The second kappa shape index (κ2) is 10.8.